The van der Waals surface area contributed by atoms with E-state index in [2.05, 4.69) is 31.7 Å². The average Bonchev–Trinajstić information content (AvgIpc) is 3.57. The van der Waals surface area contributed by atoms with Gasteiger partial charge >= 0.3 is 0 Å². The Morgan fingerprint density at radius 3 is 2.48 bits per heavy atom. The van der Waals surface area contributed by atoms with Crippen LogP contribution in [-0.2, 0) is 9.59 Å². The zero-order valence-electron chi connectivity index (χ0n) is 16.6. The maximum Gasteiger partial charge on any atom is 0.244 e. The minimum Gasteiger partial charge on any atom is -0.373 e. The first-order valence-corrected chi connectivity index (χ1v) is 9.44. The fourth-order valence-corrected chi connectivity index (χ4v) is 2.74. The predicted molar refractivity (Wildman–Crippen MR) is 108 cm³/mol. The molecule has 1 aliphatic carbocycles. The summed E-state index contributed by atoms with van der Waals surface area (Å²) < 4.78 is 0. The van der Waals surface area contributed by atoms with Crippen LogP contribution in [0.5, 0.6) is 0 Å². The van der Waals surface area contributed by atoms with E-state index in [-0.39, 0.29) is 17.7 Å². The van der Waals surface area contributed by atoms with Gasteiger partial charge in [0.15, 0.2) is 5.82 Å². The number of anilines is 2. The molecule has 0 radical (unpaired) electrons. The summed E-state index contributed by atoms with van der Waals surface area (Å²) in [6.07, 6.45) is 6.83. The fourth-order valence-electron chi connectivity index (χ4n) is 2.74. The standard InChI is InChI=1S/C20H23N7O2/c1-4-14(20(29)27(2)3)25-15-7-16(22-9-13(15)8-21)17-10-24-18(11-23-17)26-19(28)12-5-6-12/h7,9-12,14H,4-6H2,1-3H3,(H,22,25)(H,24,26,28)/t14-/m0/s1. The number of carbonyl (C=O) groups excluding carboxylic acids is 2. The lowest BCUT2D eigenvalue weighted by molar-refractivity contribution is -0.129. The third kappa shape index (κ3) is 4.85. The number of rotatable bonds is 7. The van der Waals surface area contributed by atoms with Crippen LogP contribution in [0.1, 0.15) is 31.7 Å². The highest BCUT2D eigenvalue weighted by Crippen LogP contribution is 2.30. The zero-order valence-corrected chi connectivity index (χ0v) is 16.6. The molecule has 9 heteroatoms. The number of pyridine rings is 1. The van der Waals surface area contributed by atoms with Gasteiger partial charge in [0.25, 0.3) is 0 Å². The van der Waals surface area contributed by atoms with E-state index in [4.69, 9.17) is 0 Å². The number of aromatic nitrogens is 3. The Morgan fingerprint density at radius 2 is 1.93 bits per heavy atom. The van der Waals surface area contributed by atoms with E-state index in [0.717, 1.165) is 12.8 Å². The molecule has 150 valence electrons. The smallest absolute Gasteiger partial charge is 0.244 e. The molecule has 1 fully saturated rings. The third-order valence-electron chi connectivity index (χ3n) is 4.61. The van der Waals surface area contributed by atoms with Crippen molar-refractivity contribution in [2.75, 3.05) is 24.7 Å². The number of amides is 2. The van der Waals surface area contributed by atoms with Crippen molar-refractivity contribution in [3.05, 3.63) is 30.2 Å². The third-order valence-corrected chi connectivity index (χ3v) is 4.61. The van der Waals surface area contributed by atoms with Gasteiger partial charge in [-0.3, -0.25) is 14.6 Å². The summed E-state index contributed by atoms with van der Waals surface area (Å²) in [7, 11) is 3.38. The maximum atomic E-state index is 12.3. The summed E-state index contributed by atoms with van der Waals surface area (Å²) in [6.45, 7) is 1.90. The molecular weight excluding hydrogens is 370 g/mol. The summed E-state index contributed by atoms with van der Waals surface area (Å²) in [4.78, 5) is 38.5. The van der Waals surface area contributed by atoms with E-state index in [1.165, 1.54) is 23.5 Å². The van der Waals surface area contributed by atoms with E-state index in [9.17, 15) is 14.9 Å². The van der Waals surface area contributed by atoms with Gasteiger partial charge in [0.1, 0.15) is 17.8 Å². The first-order valence-electron chi connectivity index (χ1n) is 9.44. The van der Waals surface area contributed by atoms with Crippen molar-refractivity contribution in [2.45, 2.75) is 32.2 Å². The van der Waals surface area contributed by atoms with Crippen molar-refractivity contribution in [2.24, 2.45) is 5.92 Å². The van der Waals surface area contributed by atoms with Crippen LogP contribution in [0.15, 0.2) is 24.7 Å². The first kappa shape index (κ1) is 20.2. The van der Waals surface area contributed by atoms with Crippen molar-refractivity contribution in [1.29, 1.82) is 5.26 Å². The van der Waals surface area contributed by atoms with Gasteiger partial charge in [-0.15, -0.1) is 0 Å². The van der Waals surface area contributed by atoms with Crippen molar-refractivity contribution in [3.8, 4) is 17.5 Å². The molecule has 2 N–H and O–H groups in total. The molecule has 9 nitrogen and oxygen atoms in total. The number of nitriles is 1. The predicted octanol–water partition coefficient (Wildman–Crippen LogP) is 2.04. The lowest BCUT2D eigenvalue weighted by Gasteiger charge is -2.22. The van der Waals surface area contributed by atoms with Crippen molar-refractivity contribution < 1.29 is 9.59 Å². The van der Waals surface area contributed by atoms with Crippen LogP contribution in [0, 0.1) is 17.2 Å². The Kier molecular flexibility index (Phi) is 6.02. The van der Waals surface area contributed by atoms with Crippen LogP contribution in [-0.4, -0.2) is 51.8 Å². The summed E-state index contributed by atoms with van der Waals surface area (Å²) in [5.74, 6) is 0.360. The summed E-state index contributed by atoms with van der Waals surface area (Å²) in [5, 5.41) is 15.3. The van der Waals surface area contributed by atoms with Crippen LogP contribution in [0.3, 0.4) is 0 Å². The van der Waals surface area contributed by atoms with E-state index in [0.29, 0.717) is 34.9 Å². The normalized spacial score (nSPS) is 13.9. The summed E-state index contributed by atoms with van der Waals surface area (Å²) in [5.41, 5.74) is 1.84. The number of hydrogen-bond acceptors (Lipinski definition) is 7. The van der Waals surface area contributed by atoms with E-state index in [1.807, 2.05) is 6.92 Å². The quantitative estimate of drug-likeness (QED) is 0.737. The number of nitrogens with zero attached hydrogens (tertiary/aromatic N) is 5. The molecule has 0 aromatic carbocycles. The number of hydrogen-bond donors (Lipinski definition) is 2. The molecule has 1 aliphatic rings. The lowest BCUT2D eigenvalue weighted by atomic mass is 10.1. The molecule has 29 heavy (non-hydrogen) atoms. The largest absolute Gasteiger partial charge is 0.373 e. The van der Waals surface area contributed by atoms with E-state index < -0.39 is 6.04 Å². The topological polar surface area (TPSA) is 124 Å². The number of carbonyl (C=O) groups is 2. The molecule has 0 aliphatic heterocycles. The van der Waals surface area contributed by atoms with Gasteiger partial charge in [0, 0.05) is 26.2 Å². The molecule has 2 amide bonds. The van der Waals surface area contributed by atoms with Gasteiger partial charge in [-0.05, 0) is 25.3 Å². The second-order valence-electron chi connectivity index (χ2n) is 7.12. The highest BCUT2D eigenvalue weighted by molar-refractivity contribution is 5.93. The van der Waals surface area contributed by atoms with Crippen molar-refractivity contribution in [1.82, 2.24) is 19.9 Å². The van der Waals surface area contributed by atoms with Crippen LogP contribution in [0.4, 0.5) is 11.5 Å². The Bertz CT molecular complexity index is 946. The fraction of sp³-hybridized carbons (Fsp3) is 0.400. The Morgan fingerprint density at radius 1 is 1.21 bits per heavy atom. The Labute approximate surface area is 169 Å². The molecule has 0 saturated heterocycles. The maximum absolute atomic E-state index is 12.3. The molecular formula is C20H23N7O2. The Hall–Kier alpha value is -3.54. The van der Waals surface area contributed by atoms with Crippen molar-refractivity contribution in [3.63, 3.8) is 0 Å². The lowest BCUT2D eigenvalue weighted by Crippen LogP contribution is -2.38. The van der Waals surface area contributed by atoms with Gasteiger partial charge in [0.05, 0.1) is 29.3 Å². The molecule has 2 aromatic heterocycles. The number of likely N-dealkylation sites (N-methyl/N-ethyl adjacent to an activating group) is 1. The van der Waals surface area contributed by atoms with Gasteiger partial charge in [-0.25, -0.2) is 9.97 Å². The molecule has 0 unspecified atom stereocenters. The first-order chi connectivity index (χ1) is 13.9. The molecule has 1 atom stereocenters. The highest BCUT2D eigenvalue weighted by Gasteiger charge is 2.29. The highest BCUT2D eigenvalue weighted by atomic mass is 16.2. The molecule has 2 aromatic rings. The van der Waals surface area contributed by atoms with Crippen LogP contribution >= 0.6 is 0 Å². The van der Waals surface area contributed by atoms with Crippen LogP contribution < -0.4 is 10.6 Å². The molecule has 2 heterocycles. The average molecular weight is 393 g/mol. The monoisotopic (exact) mass is 393 g/mol. The van der Waals surface area contributed by atoms with Crippen LogP contribution in [0.2, 0.25) is 0 Å². The number of nitrogens with one attached hydrogen (secondary N) is 2. The van der Waals surface area contributed by atoms with Crippen molar-refractivity contribution >= 4 is 23.3 Å². The summed E-state index contributed by atoms with van der Waals surface area (Å²) in [6, 6.07) is 3.30. The second-order valence-corrected chi connectivity index (χ2v) is 7.12. The molecule has 0 bridgehead atoms. The van der Waals surface area contributed by atoms with E-state index in [1.54, 1.807) is 20.2 Å². The van der Waals surface area contributed by atoms with Gasteiger partial charge < -0.3 is 15.5 Å². The molecule has 3 rings (SSSR count). The Balaban J connectivity index is 1.81. The van der Waals surface area contributed by atoms with E-state index >= 15 is 0 Å². The minimum absolute atomic E-state index is 0.0359. The zero-order chi connectivity index (χ0) is 21.0. The van der Waals surface area contributed by atoms with Gasteiger partial charge in [0.2, 0.25) is 11.8 Å². The van der Waals surface area contributed by atoms with Crippen LogP contribution in [0.25, 0.3) is 11.4 Å². The minimum atomic E-state index is -0.460. The summed E-state index contributed by atoms with van der Waals surface area (Å²) >= 11 is 0. The molecule has 1 saturated carbocycles. The van der Waals surface area contributed by atoms with Gasteiger partial charge in [-0.2, -0.15) is 5.26 Å². The SMILES string of the molecule is CC[C@H](Nc1cc(-c2cnc(NC(=O)C3CC3)cn2)ncc1C#N)C(=O)N(C)C. The second kappa shape index (κ2) is 8.65. The van der Waals surface area contributed by atoms with Gasteiger partial charge in [-0.1, -0.05) is 6.92 Å². The molecule has 0 spiro atoms.